The van der Waals surface area contributed by atoms with E-state index in [0.29, 0.717) is 29.5 Å². The third-order valence-corrected chi connectivity index (χ3v) is 6.15. The Balaban J connectivity index is 1.93. The molecule has 0 atom stereocenters. The predicted octanol–water partition coefficient (Wildman–Crippen LogP) is 0.744. The van der Waals surface area contributed by atoms with Gasteiger partial charge in [0.1, 0.15) is 0 Å². The van der Waals surface area contributed by atoms with Crippen LogP contribution >= 0.6 is 0 Å². The van der Waals surface area contributed by atoms with Crippen molar-refractivity contribution in [2.75, 3.05) is 26.3 Å². The molecular formula is C16H14N2O5S. The Morgan fingerprint density at radius 2 is 1.71 bits per heavy atom. The van der Waals surface area contributed by atoms with Crippen molar-refractivity contribution in [2.45, 2.75) is 4.90 Å². The summed E-state index contributed by atoms with van der Waals surface area (Å²) in [6.07, 6.45) is 0. The first-order chi connectivity index (χ1) is 11.5. The van der Waals surface area contributed by atoms with Gasteiger partial charge in [-0.1, -0.05) is 12.1 Å². The monoisotopic (exact) mass is 346 g/mol. The molecule has 4 rings (SSSR count). The van der Waals surface area contributed by atoms with Crippen molar-refractivity contribution in [1.82, 2.24) is 9.62 Å². The molecule has 0 bridgehead atoms. The van der Waals surface area contributed by atoms with Gasteiger partial charge in [0.25, 0.3) is 11.8 Å². The molecule has 0 aliphatic carbocycles. The molecule has 1 fully saturated rings. The summed E-state index contributed by atoms with van der Waals surface area (Å²) in [4.78, 5) is 24.2. The largest absolute Gasteiger partial charge is 0.379 e. The van der Waals surface area contributed by atoms with Crippen molar-refractivity contribution in [3.63, 3.8) is 0 Å². The molecule has 24 heavy (non-hydrogen) atoms. The van der Waals surface area contributed by atoms with E-state index in [1.165, 1.54) is 16.4 Å². The van der Waals surface area contributed by atoms with Gasteiger partial charge in [0.15, 0.2) is 0 Å². The van der Waals surface area contributed by atoms with Crippen molar-refractivity contribution in [3.05, 3.63) is 41.5 Å². The van der Waals surface area contributed by atoms with E-state index in [2.05, 4.69) is 5.32 Å². The Morgan fingerprint density at radius 3 is 2.46 bits per heavy atom. The Kier molecular flexibility index (Phi) is 3.41. The fourth-order valence-corrected chi connectivity index (χ4v) is 4.56. The lowest BCUT2D eigenvalue weighted by Crippen LogP contribution is -2.41. The zero-order chi connectivity index (χ0) is 16.9. The molecule has 0 spiro atoms. The van der Waals surface area contributed by atoms with E-state index < -0.39 is 21.8 Å². The second-order valence-electron chi connectivity index (χ2n) is 5.67. The first-order valence-corrected chi connectivity index (χ1v) is 8.93. The van der Waals surface area contributed by atoms with E-state index in [-0.39, 0.29) is 23.5 Å². The second-order valence-corrected chi connectivity index (χ2v) is 7.61. The zero-order valence-corrected chi connectivity index (χ0v) is 13.4. The molecule has 2 aliphatic heterocycles. The molecule has 0 saturated carbocycles. The van der Waals surface area contributed by atoms with Gasteiger partial charge < -0.3 is 4.74 Å². The van der Waals surface area contributed by atoms with Crippen molar-refractivity contribution in [1.29, 1.82) is 0 Å². The maximum Gasteiger partial charge on any atom is 0.258 e. The Labute approximate surface area is 138 Å². The van der Waals surface area contributed by atoms with Gasteiger partial charge in [0.05, 0.1) is 18.1 Å². The molecular weight excluding hydrogens is 332 g/mol. The van der Waals surface area contributed by atoms with Crippen molar-refractivity contribution in [2.24, 2.45) is 0 Å². The molecule has 8 heteroatoms. The number of carbonyl (C=O) groups is 2. The molecule has 2 aromatic carbocycles. The summed E-state index contributed by atoms with van der Waals surface area (Å²) in [5.41, 5.74) is 0.576. The predicted molar refractivity (Wildman–Crippen MR) is 85.3 cm³/mol. The highest BCUT2D eigenvalue weighted by atomic mass is 32.2. The topological polar surface area (TPSA) is 92.8 Å². The highest BCUT2D eigenvalue weighted by Gasteiger charge is 2.31. The number of nitrogens with zero attached hydrogens (tertiary/aromatic N) is 1. The van der Waals surface area contributed by atoms with Gasteiger partial charge in [-0.15, -0.1) is 0 Å². The van der Waals surface area contributed by atoms with Gasteiger partial charge in [-0.05, 0) is 23.6 Å². The number of carbonyl (C=O) groups excluding carboxylic acids is 2. The zero-order valence-electron chi connectivity index (χ0n) is 12.6. The number of rotatable bonds is 2. The van der Waals surface area contributed by atoms with Gasteiger partial charge in [0.2, 0.25) is 10.0 Å². The maximum atomic E-state index is 12.8. The normalized spacial score (nSPS) is 18.7. The van der Waals surface area contributed by atoms with Crippen molar-refractivity contribution < 1.29 is 22.7 Å². The van der Waals surface area contributed by atoms with E-state index in [1.54, 1.807) is 18.2 Å². The molecule has 124 valence electrons. The average Bonchev–Trinajstić information content (AvgIpc) is 2.59. The van der Waals surface area contributed by atoms with Crippen LogP contribution in [0.2, 0.25) is 0 Å². The number of sulfonamides is 1. The van der Waals surface area contributed by atoms with Crippen LogP contribution in [0.15, 0.2) is 35.2 Å². The lowest BCUT2D eigenvalue weighted by atomic mass is 9.95. The molecule has 7 nitrogen and oxygen atoms in total. The number of imide groups is 1. The molecule has 2 aliphatic rings. The summed E-state index contributed by atoms with van der Waals surface area (Å²) in [6.45, 7) is 1.25. The highest BCUT2D eigenvalue weighted by Crippen LogP contribution is 2.30. The summed E-state index contributed by atoms with van der Waals surface area (Å²) in [6, 6.07) is 7.84. The van der Waals surface area contributed by atoms with Crippen LogP contribution in [0.1, 0.15) is 20.7 Å². The van der Waals surface area contributed by atoms with Gasteiger partial charge in [-0.2, -0.15) is 4.31 Å². The van der Waals surface area contributed by atoms with E-state index >= 15 is 0 Å². The van der Waals surface area contributed by atoms with Crippen molar-refractivity contribution >= 4 is 32.6 Å². The maximum absolute atomic E-state index is 12.8. The van der Waals surface area contributed by atoms with Crippen LogP contribution in [0.5, 0.6) is 0 Å². The van der Waals surface area contributed by atoms with Gasteiger partial charge in [0, 0.05) is 29.6 Å². The first-order valence-electron chi connectivity index (χ1n) is 7.49. The third-order valence-electron chi connectivity index (χ3n) is 4.27. The molecule has 1 N–H and O–H groups in total. The van der Waals surface area contributed by atoms with Crippen LogP contribution in [0.4, 0.5) is 0 Å². The Bertz CT molecular complexity index is 977. The molecule has 2 aromatic rings. The Hall–Kier alpha value is -2.29. The molecule has 0 aromatic heterocycles. The minimum atomic E-state index is -3.72. The molecule has 0 radical (unpaired) electrons. The van der Waals surface area contributed by atoms with E-state index in [1.807, 2.05) is 0 Å². The number of morpholine rings is 1. The summed E-state index contributed by atoms with van der Waals surface area (Å²) in [5.74, 6) is -1.05. The fraction of sp³-hybridized carbons (Fsp3) is 0.250. The lowest BCUT2D eigenvalue weighted by Gasteiger charge is -2.26. The first kappa shape index (κ1) is 15.3. The number of hydrogen-bond acceptors (Lipinski definition) is 5. The summed E-state index contributed by atoms with van der Waals surface area (Å²) in [5, 5.41) is 3.30. The summed E-state index contributed by atoms with van der Waals surface area (Å²) >= 11 is 0. The minimum Gasteiger partial charge on any atom is -0.379 e. The Morgan fingerprint density at radius 1 is 1.00 bits per heavy atom. The molecule has 2 amide bonds. The number of nitrogens with one attached hydrogen (secondary N) is 1. The second kappa shape index (κ2) is 5.37. The van der Waals surface area contributed by atoms with Crippen LogP contribution in [0.25, 0.3) is 10.8 Å². The van der Waals surface area contributed by atoms with Gasteiger partial charge in [-0.25, -0.2) is 8.42 Å². The number of ether oxygens (including phenoxy) is 1. The van der Waals surface area contributed by atoms with Crippen LogP contribution in [-0.2, 0) is 14.8 Å². The van der Waals surface area contributed by atoms with E-state index in [0.717, 1.165) is 0 Å². The highest BCUT2D eigenvalue weighted by molar-refractivity contribution is 7.89. The molecule has 2 heterocycles. The van der Waals surface area contributed by atoms with Crippen molar-refractivity contribution in [3.8, 4) is 0 Å². The van der Waals surface area contributed by atoms with Crippen LogP contribution in [-0.4, -0.2) is 50.8 Å². The minimum absolute atomic E-state index is 0.0496. The number of hydrogen-bond donors (Lipinski definition) is 1. The van der Waals surface area contributed by atoms with Gasteiger partial charge in [-0.3, -0.25) is 14.9 Å². The molecule has 1 saturated heterocycles. The van der Waals surface area contributed by atoms with E-state index in [9.17, 15) is 18.0 Å². The standard InChI is InChI=1S/C16H14N2O5S/c19-15-12-3-1-2-10-8-11(9-13(14(10)12)16(20)17-15)24(21,22)18-4-6-23-7-5-18/h1-3,8-9H,4-7H2,(H,17,19,20). The van der Waals surface area contributed by atoms with Crippen LogP contribution < -0.4 is 5.32 Å². The SMILES string of the molecule is O=C1NC(=O)c2cc(S(=O)(=O)N3CCOCC3)cc3cccc1c23. The summed E-state index contributed by atoms with van der Waals surface area (Å²) < 4.78 is 32.2. The fourth-order valence-electron chi connectivity index (χ4n) is 3.09. The van der Waals surface area contributed by atoms with Crippen LogP contribution in [0.3, 0.4) is 0 Å². The third kappa shape index (κ3) is 2.22. The molecule has 0 unspecified atom stereocenters. The van der Waals surface area contributed by atoms with E-state index in [4.69, 9.17) is 4.74 Å². The van der Waals surface area contributed by atoms with Gasteiger partial charge >= 0.3 is 0 Å². The number of amides is 2. The quantitative estimate of drug-likeness (QED) is 0.810. The van der Waals surface area contributed by atoms with Crippen LogP contribution in [0, 0.1) is 0 Å². The average molecular weight is 346 g/mol. The summed E-state index contributed by atoms with van der Waals surface area (Å²) in [7, 11) is -3.72. The number of benzene rings is 2. The smallest absolute Gasteiger partial charge is 0.258 e. The lowest BCUT2D eigenvalue weighted by molar-refractivity contribution is 0.0730.